The minimum absolute atomic E-state index is 0.0579. The average molecular weight is 239 g/mol. The first-order chi connectivity index (χ1) is 7.72. The number of aromatic nitrogens is 4. The highest BCUT2D eigenvalue weighted by Crippen LogP contribution is 2.16. The van der Waals surface area contributed by atoms with Gasteiger partial charge >= 0.3 is 0 Å². The maximum absolute atomic E-state index is 8.88. The summed E-state index contributed by atoms with van der Waals surface area (Å²) in [5.74, 6) is 0. The van der Waals surface area contributed by atoms with Gasteiger partial charge in [0.2, 0.25) is 0 Å². The lowest BCUT2D eigenvalue weighted by Gasteiger charge is -2.00. The van der Waals surface area contributed by atoms with Gasteiger partial charge in [-0.05, 0) is 6.92 Å². The van der Waals surface area contributed by atoms with Crippen LogP contribution in [0.3, 0.4) is 0 Å². The van der Waals surface area contributed by atoms with Crippen molar-refractivity contribution in [2.24, 2.45) is 0 Å². The van der Waals surface area contributed by atoms with Crippen LogP contribution in [0.1, 0.15) is 6.92 Å². The summed E-state index contributed by atoms with van der Waals surface area (Å²) < 4.78 is 1.85. The van der Waals surface area contributed by atoms with Gasteiger partial charge in [0.15, 0.2) is 10.8 Å². The molecular weight excluding hydrogens is 228 g/mol. The topological polar surface area (TPSA) is 63.8 Å². The molecular formula is C10H11ClN4O. The van der Waals surface area contributed by atoms with E-state index in [1.165, 1.54) is 6.33 Å². The average Bonchev–Trinajstić information content (AvgIpc) is 2.70. The van der Waals surface area contributed by atoms with Crippen molar-refractivity contribution in [3.63, 3.8) is 0 Å². The number of rotatable bonds is 3. The zero-order valence-corrected chi connectivity index (χ0v) is 9.52. The molecule has 2 heterocycles. The predicted molar refractivity (Wildman–Crippen MR) is 61.2 cm³/mol. The van der Waals surface area contributed by atoms with Crippen LogP contribution in [0.4, 0.5) is 0 Å². The minimum Gasteiger partial charge on any atom is -0.392 e. The van der Waals surface area contributed by atoms with Gasteiger partial charge in [-0.3, -0.25) is 0 Å². The highest BCUT2D eigenvalue weighted by atomic mass is 35.5. The quantitative estimate of drug-likeness (QED) is 0.649. The van der Waals surface area contributed by atoms with E-state index in [0.717, 1.165) is 5.57 Å². The van der Waals surface area contributed by atoms with E-state index < -0.39 is 0 Å². The maximum atomic E-state index is 8.88. The number of halogens is 1. The van der Waals surface area contributed by atoms with Gasteiger partial charge in [-0.15, -0.1) is 0 Å². The van der Waals surface area contributed by atoms with E-state index in [9.17, 15) is 0 Å². The fraction of sp³-hybridized carbons (Fsp3) is 0.300. The van der Waals surface area contributed by atoms with Gasteiger partial charge in [-0.25, -0.2) is 15.0 Å². The van der Waals surface area contributed by atoms with E-state index in [2.05, 4.69) is 15.0 Å². The second-order valence-electron chi connectivity index (χ2n) is 3.44. The van der Waals surface area contributed by atoms with Crippen LogP contribution in [0.25, 0.3) is 11.2 Å². The molecule has 0 saturated heterocycles. The normalized spacial score (nSPS) is 12.3. The van der Waals surface area contributed by atoms with Crippen molar-refractivity contribution < 1.29 is 5.11 Å². The molecule has 2 aromatic heterocycles. The van der Waals surface area contributed by atoms with E-state index in [-0.39, 0.29) is 6.61 Å². The molecule has 6 heteroatoms. The number of fused-ring (bicyclic) bond motifs is 1. The van der Waals surface area contributed by atoms with E-state index >= 15 is 0 Å². The van der Waals surface area contributed by atoms with Crippen LogP contribution in [0, 0.1) is 0 Å². The largest absolute Gasteiger partial charge is 0.392 e. The lowest BCUT2D eigenvalue weighted by molar-refractivity contribution is 0.330. The molecule has 2 rings (SSSR count). The number of allylic oxidation sites excluding steroid dienone is 1. The fourth-order valence-corrected chi connectivity index (χ4v) is 1.48. The highest BCUT2D eigenvalue weighted by molar-refractivity contribution is 6.33. The third kappa shape index (κ3) is 2.05. The zero-order chi connectivity index (χ0) is 11.5. The van der Waals surface area contributed by atoms with Gasteiger partial charge in [-0.2, -0.15) is 0 Å². The van der Waals surface area contributed by atoms with Gasteiger partial charge in [0, 0.05) is 6.54 Å². The van der Waals surface area contributed by atoms with Crippen molar-refractivity contribution >= 4 is 22.8 Å². The second-order valence-corrected chi connectivity index (χ2v) is 3.80. The molecule has 0 amide bonds. The molecule has 84 valence electrons. The Hall–Kier alpha value is -1.46. The smallest absolute Gasteiger partial charge is 0.165 e. The Morgan fingerprint density at radius 1 is 1.50 bits per heavy atom. The Labute approximate surface area is 97.4 Å². The Bertz CT molecular complexity index is 535. The molecule has 0 fully saturated rings. The Morgan fingerprint density at radius 3 is 3.06 bits per heavy atom. The summed E-state index contributed by atoms with van der Waals surface area (Å²) in [6, 6.07) is 0. The molecule has 0 aliphatic heterocycles. The van der Waals surface area contributed by atoms with Gasteiger partial charge < -0.3 is 9.67 Å². The number of hydrogen-bond donors (Lipinski definition) is 1. The fourth-order valence-electron chi connectivity index (χ4n) is 1.30. The SMILES string of the molecule is C/C(=C\Cn1cnc2c(Cl)ncnc21)CO. The van der Waals surface area contributed by atoms with Crippen LogP contribution < -0.4 is 0 Å². The third-order valence-corrected chi connectivity index (χ3v) is 2.52. The highest BCUT2D eigenvalue weighted by Gasteiger charge is 2.06. The van der Waals surface area contributed by atoms with Gasteiger partial charge in [0.1, 0.15) is 11.8 Å². The number of aliphatic hydroxyl groups is 1. The van der Waals surface area contributed by atoms with Crippen molar-refractivity contribution in [2.75, 3.05) is 6.61 Å². The minimum atomic E-state index is 0.0579. The van der Waals surface area contributed by atoms with E-state index in [4.69, 9.17) is 16.7 Å². The molecule has 0 aromatic carbocycles. The zero-order valence-electron chi connectivity index (χ0n) is 8.76. The van der Waals surface area contributed by atoms with Crippen LogP contribution >= 0.6 is 11.6 Å². The molecule has 0 saturated carbocycles. The first-order valence-electron chi connectivity index (χ1n) is 4.80. The van der Waals surface area contributed by atoms with Crippen molar-refractivity contribution in [3.8, 4) is 0 Å². The van der Waals surface area contributed by atoms with Crippen molar-refractivity contribution in [2.45, 2.75) is 13.5 Å². The summed E-state index contributed by atoms with van der Waals surface area (Å²) >= 11 is 5.88. The van der Waals surface area contributed by atoms with Gasteiger partial charge in [0.05, 0.1) is 12.9 Å². The molecule has 1 N–H and O–H groups in total. The van der Waals surface area contributed by atoms with Gasteiger partial charge in [-0.1, -0.05) is 23.3 Å². The first-order valence-corrected chi connectivity index (χ1v) is 5.18. The van der Waals surface area contributed by atoms with E-state index in [1.54, 1.807) is 6.33 Å². The molecule has 0 radical (unpaired) electrons. The van der Waals surface area contributed by atoms with Crippen LogP contribution in [0.15, 0.2) is 24.3 Å². The summed E-state index contributed by atoms with van der Waals surface area (Å²) in [4.78, 5) is 12.1. The van der Waals surface area contributed by atoms with Crippen LogP contribution in [-0.2, 0) is 6.54 Å². The standard InChI is InChI=1S/C10H11ClN4O/c1-7(4-16)2-3-15-6-14-8-9(11)12-5-13-10(8)15/h2,5-6,16H,3-4H2,1H3/b7-2+. The maximum Gasteiger partial charge on any atom is 0.165 e. The third-order valence-electron chi connectivity index (χ3n) is 2.24. The number of nitrogens with zero attached hydrogens (tertiary/aromatic N) is 4. The summed E-state index contributed by atoms with van der Waals surface area (Å²) in [7, 11) is 0. The molecule has 5 nitrogen and oxygen atoms in total. The summed E-state index contributed by atoms with van der Waals surface area (Å²) in [6.45, 7) is 2.53. The lowest BCUT2D eigenvalue weighted by Crippen LogP contribution is -1.97. The number of aliphatic hydroxyl groups excluding tert-OH is 1. The predicted octanol–water partition coefficient (Wildman–Crippen LogP) is 1.42. The van der Waals surface area contributed by atoms with Crippen molar-refractivity contribution in [1.82, 2.24) is 19.5 Å². The van der Waals surface area contributed by atoms with Crippen molar-refractivity contribution in [1.29, 1.82) is 0 Å². The monoisotopic (exact) mass is 238 g/mol. The molecule has 2 aromatic rings. The summed E-state index contributed by atoms with van der Waals surface area (Å²) in [5, 5.41) is 9.23. The number of imidazole rings is 1. The first kappa shape index (κ1) is 11.0. The molecule has 0 spiro atoms. The number of hydrogen-bond acceptors (Lipinski definition) is 4. The summed E-state index contributed by atoms with van der Waals surface area (Å²) in [6.07, 6.45) is 4.98. The van der Waals surface area contributed by atoms with E-state index in [0.29, 0.717) is 22.9 Å². The Balaban J connectivity index is 2.36. The molecule has 0 aliphatic rings. The molecule has 0 aliphatic carbocycles. The van der Waals surface area contributed by atoms with Crippen LogP contribution in [0.2, 0.25) is 5.15 Å². The molecule has 0 unspecified atom stereocenters. The second kappa shape index (κ2) is 4.59. The van der Waals surface area contributed by atoms with Crippen LogP contribution in [0.5, 0.6) is 0 Å². The molecule has 0 bridgehead atoms. The van der Waals surface area contributed by atoms with Gasteiger partial charge in [0.25, 0.3) is 0 Å². The summed E-state index contributed by atoms with van der Waals surface area (Å²) in [5.41, 5.74) is 2.20. The van der Waals surface area contributed by atoms with Crippen molar-refractivity contribution in [3.05, 3.63) is 29.5 Å². The Kier molecular flexibility index (Phi) is 3.17. The molecule has 0 atom stereocenters. The Morgan fingerprint density at radius 2 is 2.31 bits per heavy atom. The van der Waals surface area contributed by atoms with Crippen LogP contribution in [-0.4, -0.2) is 31.2 Å². The van der Waals surface area contributed by atoms with E-state index in [1.807, 2.05) is 17.6 Å². The molecule has 16 heavy (non-hydrogen) atoms. The lowest BCUT2D eigenvalue weighted by atomic mass is 10.3.